The third-order valence-corrected chi connectivity index (χ3v) is 10.9. The van der Waals surface area contributed by atoms with Crippen LogP contribution in [0.25, 0.3) is 0 Å². The molecule has 0 aromatic rings. The molecule has 4 saturated carbocycles. The molecule has 2 bridgehead atoms. The number of Topliss-reactive ketones (excluding diaryl/α,β-unsaturated/α-hetero) is 2. The van der Waals surface area contributed by atoms with Crippen LogP contribution in [0.15, 0.2) is 0 Å². The minimum absolute atomic E-state index is 0.0136. The van der Waals surface area contributed by atoms with Crippen molar-refractivity contribution in [2.24, 2.45) is 34.0 Å². The molecule has 4 aliphatic rings. The fourth-order valence-electron chi connectivity index (χ4n) is 8.72. The average Bonchev–Trinajstić information content (AvgIpc) is 3.00. The van der Waals surface area contributed by atoms with E-state index in [4.69, 9.17) is 0 Å². The van der Waals surface area contributed by atoms with Crippen molar-refractivity contribution in [3.63, 3.8) is 0 Å². The SMILES string of the molecule is CC(C)(O)CC[C@@H](O)[C@](C)(O)[C@H]1CC[C@@]23CC(=O)[C@@H]4C[C@@H](O)[C@@H](O)C[C@]4(C)[C@@H](CC[C@]12C)C3=O. The van der Waals surface area contributed by atoms with Gasteiger partial charge in [0.15, 0.2) is 0 Å². The van der Waals surface area contributed by atoms with Gasteiger partial charge in [-0.05, 0) is 88.9 Å². The van der Waals surface area contributed by atoms with Gasteiger partial charge < -0.3 is 25.5 Å². The van der Waals surface area contributed by atoms with E-state index in [-0.39, 0.29) is 49.1 Å². The minimum atomic E-state index is -1.46. The molecule has 0 aliphatic heterocycles. The summed E-state index contributed by atoms with van der Waals surface area (Å²) in [5, 5.41) is 53.5. The van der Waals surface area contributed by atoms with Crippen molar-refractivity contribution in [1.82, 2.24) is 0 Å². The van der Waals surface area contributed by atoms with E-state index < -0.39 is 51.7 Å². The van der Waals surface area contributed by atoms with Crippen LogP contribution in [0.3, 0.4) is 0 Å². The molecule has 4 rings (SSSR count). The summed E-state index contributed by atoms with van der Waals surface area (Å²) in [6, 6.07) is 0. The Morgan fingerprint density at radius 3 is 2.26 bits per heavy atom. The van der Waals surface area contributed by atoms with Crippen molar-refractivity contribution in [3.8, 4) is 0 Å². The molecule has 0 aromatic heterocycles. The lowest BCUT2D eigenvalue weighted by Crippen LogP contribution is -2.59. The molecule has 7 heteroatoms. The van der Waals surface area contributed by atoms with Gasteiger partial charge in [0, 0.05) is 23.7 Å². The molecule has 5 N–H and O–H groups in total. The molecule has 0 radical (unpaired) electrons. The number of carbonyl (C=O) groups excluding carboxylic acids is 2. The van der Waals surface area contributed by atoms with Gasteiger partial charge in [-0.2, -0.15) is 0 Å². The van der Waals surface area contributed by atoms with Crippen LogP contribution in [0, 0.1) is 34.0 Å². The molecule has 0 aromatic carbocycles. The van der Waals surface area contributed by atoms with Gasteiger partial charge in [0.05, 0.1) is 29.5 Å². The second kappa shape index (κ2) is 8.07. The van der Waals surface area contributed by atoms with E-state index in [1.165, 1.54) is 0 Å². The maximum Gasteiger partial charge on any atom is 0.143 e. The number of carbonyl (C=O) groups is 2. The Hall–Kier alpha value is -0.860. The number of hydrogen-bond acceptors (Lipinski definition) is 7. The van der Waals surface area contributed by atoms with Gasteiger partial charge in [-0.1, -0.05) is 13.8 Å². The van der Waals surface area contributed by atoms with E-state index in [0.717, 1.165) is 0 Å². The third kappa shape index (κ3) is 3.64. The first-order valence-electron chi connectivity index (χ1n) is 13.1. The zero-order valence-electron chi connectivity index (χ0n) is 21.4. The van der Waals surface area contributed by atoms with Crippen molar-refractivity contribution < 1.29 is 35.1 Å². The largest absolute Gasteiger partial charge is 0.390 e. The van der Waals surface area contributed by atoms with Gasteiger partial charge in [0.1, 0.15) is 11.6 Å². The molecular weight excluding hydrogens is 436 g/mol. The van der Waals surface area contributed by atoms with E-state index >= 15 is 0 Å². The number of fused-ring (bicyclic) bond motifs is 3. The highest BCUT2D eigenvalue weighted by Gasteiger charge is 2.72. The summed E-state index contributed by atoms with van der Waals surface area (Å²) in [7, 11) is 0. The van der Waals surface area contributed by atoms with Crippen LogP contribution in [-0.2, 0) is 9.59 Å². The van der Waals surface area contributed by atoms with E-state index in [0.29, 0.717) is 32.1 Å². The first-order valence-corrected chi connectivity index (χ1v) is 13.1. The van der Waals surface area contributed by atoms with E-state index in [9.17, 15) is 35.1 Å². The Kier molecular flexibility index (Phi) is 6.22. The van der Waals surface area contributed by atoms with Gasteiger partial charge >= 0.3 is 0 Å². The predicted octanol–water partition coefficient (Wildman–Crippen LogP) is 2.14. The standard InChI is InChI=1S/C27H44O7/c1-23(2,33)9-8-21(31)26(5,34)20-7-11-27-14-18(29)16-12-17(28)19(30)13-24(16,3)15(22(27)32)6-10-25(20,27)4/h15-17,19-21,28,30-31,33-34H,6-14H2,1-5H3/t15-,16-,17+,19-,20-,21+,24+,25+,26+,27-/m0/s1. The fourth-order valence-corrected chi connectivity index (χ4v) is 8.72. The summed E-state index contributed by atoms with van der Waals surface area (Å²) in [6.07, 6.45) is 0.430. The van der Waals surface area contributed by atoms with Crippen LogP contribution in [-0.4, -0.2) is 66.6 Å². The number of aliphatic hydroxyl groups is 5. The monoisotopic (exact) mass is 480 g/mol. The molecule has 4 fully saturated rings. The Morgan fingerprint density at radius 1 is 1.00 bits per heavy atom. The van der Waals surface area contributed by atoms with Crippen LogP contribution in [0.5, 0.6) is 0 Å². The van der Waals surface area contributed by atoms with Crippen molar-refractivity contribution in [2.45, 2.75) is 122 Å². The smallest absolute Gasteiger partial charge is 0.143 e. The highest BCUT2D eigenvalue weighted by molar-refractivity contribution is 5.98. The number of rotatable bonds is 5. The summed E-state index contributed by atoms with van der Waals surface area (Å²) >= 11 is 0. The number of hydrogen-bond donors (Lipinski definition) is 5. The topological polar surface area (TPSA) is 135 Å². The van der Waals surface area contributed by atoms with Crippen LogP contribution >= 0.6 is 0 Å². The molecule has 0 unspecified atom stereocenters. The van der Waals surface area contributed by atoms with Crippen molar-refractivity contribution in [1.29, 1.82) is 0 Å². The zero-order valence-corrected chi connectivity index (χ0v) is 21.4. The quantitative estimate of drug-likeness (QED) is 0.407. The molecule has 0 saturated heterocycles. The van der Waals surface area contributed by atoms with E-state index in [1.54, 1.807) is 20.8 Å². The molecule has 4 aliphatic carbocycles. The highest BCUT2D eigenvalue weighted by atomic mass is 16.3. The number of ketones is 2. The van der Waals surface area contributed by atoms with Gasteiger partial charge in [-0.25, -0.2) is 0 Å². The lowest BCUT2D eigenvalue weighted by Gasteiger charge is -2.56. The Balaban J connectivity index is 1.69. The second-order valence-corrected chi connectivity index (χ2v) is 13.4. The molecule has 0 amide bonds. The van der Waals surface area contributed by atoms with Crippen molar-refractivity contribution in [3.05, 3.63) is 0 Å². The molecule has 1 spiro atoms. The second-order valence-electron chi connectivity index (χ2n) is 13.4. The van der Waals surface area contributed by atoms with Crippen LogP contribution in [0.4, 0.5) is 0 Å². The zero-order chi connectivity index (χ0) is 25.5. The average molecular weight is 481 g/mol. The molecule has 194 valence electrons. The Labute approximate surface area is 202 Å². The molecular formula is C27H44O7. The summed E-state index contributed by atoms with van der Waals surface area (Å²) in [5.74, 6) is -1.12. The minimum Gasteiger partial charge on any atom is -0.390 e. The van der Waals surface area contributed by atoms with E-state index in [2.05, 4.69) is 0 Å². The third-order valence-electron chi connectivity index (χ3n) is 10.9. The van der Waals surface area contributed by atoms with Crippen LogP contribution in [0.1, 0.15) is 92.4 Å². The van der Waals surface area contributed by atoms with Crippen LogP contribution < -0.4 is 0 Å². The van der Waals surface area contributed by atoms with E-state index in [1.807, 2.05) is 13.8 Å². The maximum atomic E-state index is 14.3. The maximum absolute atomic E-state index is 14.3. The molecule has 34 heavy (non-hydrogen) atoms. The highest BCUT2D eigenvalue weighted by Crippen LogP contribution is 2.71. The summed E-state index contributed by atoms with van der Waals surface area (Å²) in [6.45, 7) is 8.94. The van der Waals surface area contributed by atoms with Gasteiger partial charge in [0.25, 0.3) is 0 Å². The normalized spacial score (nSPS) is 47.4. The molecule has 10 atom stereocenters. The number of aliphatic hydroxyl groups excluding tert-OH is 3. The summed E-state index contributed by atoms with van der Waals surface area (Å²) < 4.78 is 0. The lowest BCUT2D eigenvalue weighted by atomic mass is 9.48. The molecule has 0 heterocycles. The summed E-state index contributed by atoms with van der Waals surface area (Å²) in [4.78, 5) is 27.9. The lowest BCUT2D eigenvalue weighted by molar-refractivity contribution is -0.174. The van der Waals surface area contributed by atoms with Gasteiger partial charge in [-0.15, -0.1) is 0 Å². The fraction of sp³-hybridized carbons (Fsp3) is 0.926. The first-order chi connectivity index (χ1) is 15.5. The van der Waals surface area contributed by atoms with Gasteiger partial charge in [-0.3, -0.25) is 9.59 Å². The summed E-state index contributed by atoms with van der Waals surface area (Å²) in [5.41, 5.74) is -4.63. The Bertz CT molecular complexity index is 846. The predicted molar refractivity (Wildman–Crippen MR) is 126 cm³/mol. The van der Waals surface area contributed by atoms with Crippen molar-refractivity contribution >= 4 is 11.6 Å². The Morgan fingerprint density at radius 2 is 1.65 bits per heavy atom. The van der Waals surface area contributed by atoms with Gasteiger partial charge in [0.2, 0.25) is 0 Å². The first kappa shape index (κ1) is 26.2. The van der Waals surface area contributed by atoms with Crippen LogP contribution in [0.2, 0.25) is 0 Å². The molecule has 7 nitrogen and oxygen atoms in total. The van der Waals surface area contributed by atoms with Crippen molar-refractivity contribution in [2.75, 3.05) is 0 Å².